The Morgan fingerprint density at radius 2 is 1.94 bits per heavy atom. The molecule has 2 rings (SSSR count). The minimum atomic E-state index is -0.423. The number of rotatable bonds is 2. The number of benzene rings is 1. The Balaban J connectivity index is 2.20. The number of hydrogen-bond donors (Lipinski definition) is 0. The fourth-order valence-corrected chi connectivity index (χ4v) is 2.03. The highest BCUT2D eigenvalue weighted by molar-refractivity contribution is 5.97. The number of methoxy groups -OCH3 is 1. The van der Waals surface area contributed by atoms with E-state index in [1.54, 1.807) is 4.90 Å². The highest BCUT2D eigenvalue weighted by atomic mass is 19.1. The number of piperazine rings is 1. The second kappa shape index (κ2) is 5.35. The third-order valence-corrected chi connectivity index (χ3v) is 3.18. The van der Waals surface area contributed by atoms with E-state index in [2.05, 4.69) is 4.90 Å². The molecule has 0 spiro atoms. The van der Waals surface area contributed by atoms with E-state index in [1.165, 1.54) is 25.3 Å². The summed E-state index contributed by atoms with van der Waals surface area (Å²) >= 11 is 0. The maximum absolute atomic E-state index is 13.2. The van der Waals surface area contributed by atoms with Crippen molar-refractivity contribution in [3.05, 3.63) is 29.6 Å². The van der Waals surface area contributed by atoms with Gasteiger partial charge in [-0.2, -0.15) is 0 Å². The van der Waals surface area contributed by atoms with Crippen LogP contribution in [0, 0.1) is 5.82 Å². The van der Waals surface area contributed by atoms with Crippen molar-refractivity contribution in [2.75, 3.05) is 40.3 Å². The van der Waals surface area contributed by atoms with Crippen molar-refractivity contribution >= 4 is 5.91 Å². The van der Waals surface area contributed by atoms with Gasteiger partial charge in [0, 0.05) is 26.2 Å². The summed E-state index contributed by atoms with van der Waals surface area (Å²) in [6, 6.07) is 4.01. The minimum Gasteiger partial charge on any atom is -0.496 e. The van der Waals surface area contributed by atoms with Crippen molar-refractivity contribution in [2.24, 2.45) is 0 Å². The van der Waals surface area contributed by atoms with Crippen molar-refractivity contribution in [3.63, 3.8) is 0 Å². The molecule has 0 saturated carbocycles. The molecule has 4 nitrogen and oxygen atoms in total. The van der Waals surface area contributed by atoms with Gasteiger partial charge in [-0.05, 0) is 25.2 Å². The minimum absolute atomic E-state index is 0.167. The molecule has 5 heteroatoms. The van der Waals surface area contributed by atoms with Crippen molar-refractivity contribution < 1.29 is 13.9 Å². The first-order valence-corrected chi connectivity index (χ1v) is 5.93. The molecule has 1 aliphatic rings. The lowest BCUT2D eigenvalue weighted by Crippen LogP contribution is -2.47. The normalized spacial score (nSPS) is 16.7. The molecule has 0 bridgehead atoms. The van der Waals surface area contributed by atoms with Gasteiger partial charge in [-0.3, -0.25) is 4.79 Å². The van der Waals surface area contributed by atoms with Crippen LogP contribution in [0.1, 0.15) is 10.4 Å². The molecule has 18 heavy (non-hydrogen) atoms. The summed E-state index contributed by atoms with van der Waals surface area (Å²) in [5.41, 5.74) is 0.294. The smallest absolute Gasteiger partial charge is 0.257 e. The lowest BCUT2D eigenvalue weighted by Gasteiger charge is -2.32. The van der Waals surface area contributed by atoms with Crippen LogP contribution < -0.4 is 4.74 Å². The van der Waals surface area contributed by atoms with Gasteiger partial charge in [-0.1, -0.05) is 0 Å². The predicted molar refractivity (Wildman–Crippen MR) is 66.4 cm³/mol. The Hall–Kier alpha value is -1.62. The van der Waals surface area contributed by atoms with Crippen LogP contribution in [0.4, 0.5) is 4.39 Å². The molecule has 1 fully saturated rings. The van der Waals surface area contributed by atoms with Crippen LogP contribution in [0.3, 0.4) is 0 Å². The first kappa shape index (κ1) is 12.8. The molecule has 1 amide bonds. The predicted octanol–water partition coefficient (Wildman–Crippen LogP) is 1.22. The molecular weight excluding hydrogens is 235 g/mol. The molecule has 1 saturated heterocycles. The molecule has 0 unspecified atom stereocenters. The Morgan fingerprint density at radius 1 is 1.28 bits per heavy atom. The zero-order valence-corrected chi connectivity index (χ0v) is 10.6. The summed E-state index contributed by atoms with van der Waals surface area (Å²) in [6.45, 7) is 3.00. The van der Waals surface area contributed by atoms with Crippen LogP contribution in [-0.2, 0) is 0 Å². The third kappa shape index (κ3) is 2.61. The maximum Gasteiger partial charge on any atom is 0.257 e. The van der Waals surface area contributed by atoms with Crippen LogP contribution in [0.2, 0.25) is 0 Å². The van der Waals surface area contributed by atoms with Gasteiger partial charge < -0.3 is 14.5 Å². The average molecular weight is 252 g/mol. The van der Waals surface area contributed by atoms with Crippen molar-refractivity contribution in [2.45, 2.75) is 0 Å². The van der Waals surface area contributed by atoms with E-state index < -0.39 is 5.82 Å². The monoisotopic (exact) mass is 252 g/mol. The van der Waals surface area contributed by atoms with E-state index in [0.29, 0.717) is 24.4 Å². The Morgan fingerprint density at radius 3 is 2.56 bits per heavy atom. The SMILES string of the molecule is COc1ccc(F)cc1C(=O)N1CCN(C)CC1. The number of hydrogen-bond acceptors (Lipinski definition) is 3. The molecule has 0 atom stereocenters. The van der Waals surface area contributed by atoms with Crippen LogP contribution in [0.25, 0.3) is 0 Å². The molecule has 1 aliphatic heterocycles. The second-order valence-corrected chi connectivity index (χ2v) is 4.44. The van der Waals surface area contributed by atoms with Crippen LogP contribution in [0.5, 0.6) is 5.75 Å². The number of nitrogens with zero attached hydrogens (tertiary/aromatic N) is 2. The van der Waals surface area contributed by atoms with Gasteiger partial charge in [0.15, 0.2) is 0 Å². The summed E-state index contributed by atoms with van der Waals surface area (Å²) in [5, 5.41) is 0. The highest BCUT2D eigenvalue weighted by Gasteiger charge is 2.23. The number of carbonyl (C=O) groups excluding carboxylic acids is 1. The summed E-state index contributed by atoms with van der Waals surface area (Å²) in [4.78, 5) is 16.2. The first-order chi connectivity index (χ1) is 8.61. The molecule has 0 aliphatic carbocycles. The molecule has 98 valence electrons. The van der Waals surface area contributed by atoms with Gasteiger partial charge in [0.2, 0.25) is 0 Å². The number of ether oxygens (including phenoxy) is 1. The highest BCUT2D eigenvalue weighted by Crippen LogP contribution is 2.21. The second-order valence-electron chi connectivity index (χ2n) is 4.44. The third-order valence-electron chi connectivity index (χ3n) is 3.18. The van der Waals surface area contributed by atoms with Crippen LogP contribution in [-0.4, -0.2) is 56.0 Å². The molecule has 1 heterocycles. The van der Waals surface area contributed by atoms with E-state index in [9.17, 15) is 9.18 Å². The fourth-order valence-electron chi connectivity index (χ4n) is 2.03. The van der Waals surface area contributed by atoms with E-state index in [-0.39, 0.29) is 5.91 Å². The van der Waals surface area contributed by atoms with Crippen molar-refractivity contribution in [1.82, 2.24) is 9.80 Å². The summed E-state index contributed by atoms with van der Waals surface area (Å²) in [6.07, 6.45) is 0. The van der Waals surface area contributed by atoms with Gasteiger partial charge in [0.05, 0.1) is 12.7 Å². The lowest BCUT2D eigenvalue weighted by molar-refractivity contribution is 0.0660. The largest absolute Gasteiger partial charge is 0.496 e. The van der Waals surface area contributed by atoms with Gasteiger partial charge >= 0.3 is 0 Å². The van der Waals surface area contributed by atoms with Gasteiger partial charge in [-0.25, -0.2) is 4.39 Å². The summed E-state index contributed by atoms with van der Waals surface area (Å²) in [7, 11) is 3.50. The zero-order valence-electron chi connectivity index (χ0n) is 10.6. The summed E-state index contributed by atoms with van der Waals surface area (Å²) < 4.78 is 18.3. The van der Waals surface area contributed by atoms with Gasteiger partial charge in [0.1, 0.15) is 11.6 Å². The van der Waals surface area contributed by atoms with E-state index in [1.807, 2.05) is 7.05 Å². The Bertz CT molecular complexity index is 443. The standard InChI is InChI=1S/C13H17FN2O2/c1-15-5-7-16(8-6-15)13(17)11-9-10(14)3-4-12(11)18-2/h3-4,9H,5-8H2,1-2H3. The Labute approximate surface area is 106 Å². The number of likely N-dealkylation sites (N-methyl/N-ethyl adjacent to an activating group) is 1. The molecule has 0 aromatic heterocycles. The van der Waals surface area contributed by atoms with Crippen LogP contribution in [0.15, 0.2) is 18.2 Å². The summed E-state index contributed by atoms with van der Waals surface area (Å²) in [5.74, 6) is -0.173. The average Bonchev–Trinajstić information content (AvgIpc) is 2.39. The number of carbonyl (C=O) groups is 1. The first-order valence-electron chi connectivity index (χ1n) is 5.93. The maximum atomic E-state index is 13.2. The Kier molecular flexibility index (Phi) is 3.81. The van der Waals surface area contributed by atoms with E-state index >= 15 is 0 Å². The van der Waals surface area contributed by atoms with E-state index in [0.717, 1.165) is 13.1 Å². The van der Waals surface area contributed by atoms with Crippen LogP contribution >= 0.6 is 0 Å². The van der Waals surface area contributed by atoms with E-state index in [4.69, 9.17) is 4.74 Å². The fraction of sp³-hybridized carbons (Fsp3) is 0.462. The number of halogens is 1. The molecular formula is C13H17FN2O2. The quantitative estimate of drug-likeness (QED) is 0.793. The molecule has 1 aromatic rings. The van der Waals surface area contributed by atoms with Gasteiger partial charge in [-0.15, -0.1) is 0 Å². The molecule has 1 aromatic carbocycles. The van der Waals surface area contributed by atoms with Crippen molar-refractivity contribution in [3.8, 4) is 5.75 Å². The molecule has 0 N–H and O–H groups in total. The molecule has 0 radical (unpaired) electrons. The number of amides is 1. The van der Waals surface area contributed by atoms with Crippen molar-refractivity contribution in [1.29, 1.82) is 0 Å². The van der Waals surface area contributed by atoms with Gasteiger partial charge in [0.25, 0.3) is 5.91 Å². The zero-order chi connectivity index (χ0) is 13.1. The lowest BCUT2D eigenvalue weighted by atomic mass is 10.1. The topological polar surface area (TPSA) is 32.8 Å².